The molecule has 0 saturated carbocycles. The van der Waals surface area contributed by atoms with Gasteiger partial charge < -0.3 is 15.4 Å². The van der Waals surface area contributed by atoms with Crippen LogP contribution in [0.3, 0.4) is 0 Å². The molecule has 1 aromatic heterocycles. The molecule has 1 heterocycles. The van der Waals surface area contributed by atoms with Crippen molar-refractivity contribution < 1.29 is 14.5 Å². The van der Waals surface area contributed by atoms with Crippen LogP contribution in [0.2, 0.25) is 0 Å². The molecule has 0 aliphatic carbocycles. The van der Waals surface area contributed by atoms with Crippen LogP contribution < -0.4 is 15.4 Å². The fourth-order valence-corrected chi connectivity index (χ4v) is 3.87. The third-order valence-corrected chi connectivity index (χ3v) is 5.70. The van der Waals surface area contributed by atoms with Crippen molar-refractivity contribution in [3.63, 3.8) is 0 Å². The summed E-state index contributed by atoms with van der Waals surface area (Å²) in [5.41, 5.74) is 1.39. The maximum atomic E-state index is 12.2. The second-order valence-corrected chi connectivity index (χ2v) is 7.89. The predicted molar refractivity (Wildman–Crippen MR) is 113 cm³/mol. The highest BCUT2D eigenvalue weighted by Gasteiger charge is 2.14. The fourth-order valence-electron chi connectivity index (χ4n) is 2.32. The first-order chi connectivity index (χ1) is 14.0. The minimum atomic E-state index is -0.525. The van der Waals surface area contributed by atoms with Crippen LogP contribution in [-0.4, -0.2) is 33.9 Å². The first-order valence-corrected chi connectivity index (χ1v) is 10.2. The Hall–Kier alpha value is -3.18. The van der Waals surface area contributed by atoms with E-state index in [2.05, 4.69) is 20.8 Å². The van der Waals surface area contributed by atoms with E-state index in [0.29, 0.717) is 21.7 Å². The molecule has 2 aromatic carbocycles. The topological polar surface area (TPSA) is 119 Å². The minimum Gasteiger partial charge on any atom is -0.494 e. The Morgan fingerprint density at radius 1 is 1.24 bits per heavy atom. The third kappa shape index (κ3) is 5.90. The number of nitrogens with zero attached hydrogens (tertiary/aromatic N) is 3. The van der Waals surface area contributed by atoms with Gasteiger partial charge in [0.2, 0.25) is 11.0 Å². The number of rotatable bonds is 9. The number of aromatic nitrogens is 2. The molecule has 0 bridgehead atoms. The van der Waals surface area contributed by atoms with E-state index in [1.54, 1.807) is 0 Å². The normalized spacial score (nSPS) is 10.4. The summed E-state index contributed by atoms with van der Waals surface area (Å²) in [4.78, 5) is 22.5. The second kappa shape index (κ2) is 9.85. The first kappa shape index (κ1) is 20.6. The monoisotopic (exact) mass is 431 g/mol. The van der Waals surface area contributed by atoms with E-state index in [1.807, 2.05) is 30.3 Å². The summed E-state index contributed by atoms with van der Waals surface area (Å²) in [5.74, 6) is 0.0602. The highest BCUT2D eigenvalue weighted by atomic mass is 32.2. The van der Waals surface area contributed by atoms with Crippen LogP contribution >= 0.6 is 23.1 Å². The van der Waals surface area contributed by atoms with Gasteiger partial charge in [0.25, 0.3) is 5.69 Å². The Kier molecular flexibility index (Phi) is 6.98. The Labute approximate surface area is 174 Å². The van der Waals surface area contributed by atoms with Gasteiger partial charge in [0.05, 0.1) is 29.5 Å². The standard InChI is InChI=1S/C18H17N5O4S2/c1-27-15-9-13(23(25)26)7-8-14(15)20-16(24)11-28-18-22-21-17(29-18)19-10-12-5-3-2-4-6-12/h2-9H,10-11H2,1H3,(H,19,21)(H,20,24). The van der Waals surface area contributed by atoms with Crippen molar-refractivity contribution in [2.75, 3.05) is 23.5 Å². The molecule has 0 aliphatic rings. The fraction of sp³-hybridized carbons (Fsp3) is 0.167. The van der Waals surface area contributed by atoms with Crippen molar-refractivity contribution >= 4 is 45.5 Å². The van der Waals surface area contributed by atoms with Crippen molar-refractivity contribution in [2.45, 2.75) is 10.9 Å². The molecule has 29 heavy (non-hydrogen) atoms. The van der Waals surface area contributed by atoms with Gasteiger partial charge in [0.15, 0.2) is 4.34 Å². The molecular formula is C18H17N5O4S2. The number of nitro groups is 1. The Morgan fingerprint density at radius 3 is 2.76 bits per heavy atom. The smallest absolute Gasteiger partial charge is 0.273 e. The molecule has 0 fully saturated rings. The van der Waals surface area contributed by atoms with Crippen LogP contribution in [0.1, 0.15) is 5.56 Å². The summed E-state index contributed by atoms with van der Waals surface area (Å²) >= 11 is 2.62. The Morgan fingerprint density at radius 2 is 2.03 bits per heavy atom. The van der Waals surface area contributed by atoms with Crippen molar-refractivity contribution in [3.05, 3.63) is 64.2 Å². The van der Waals surface area contributed by atoms with E-state index in [9.17, 15) is 14.9 Å². The lowest BCUT2D eigenvalue weighted by atomic mass is 10.2. The highest BCUT2D eigenvalue weighted by molar-refractivity contribution is 8.01. The number of hydrogen-bond acceptors (Lipinski definition) is 9. The van der Waals surface area contributed by atoms with Crippen molar-refractivity contribution in [1.82, 2.24) is 10.2 Å². The van der Waals surface area contributed by atoms with Crippen LogP contribution in [0, 0.1) is 10.1 Å². The lowest BCUT2D eigenvalue weighted by molar-refractivity contribution is -0.384. The number of carbonyl (C=O) groups excluding carboxylic acids is 1. The van der Waals surface area contributed by atoms with Crippen LogP contribution in [0.15, 0.2) is 52.9 Å². The van der Waals surface area contributed by atoms with Crippen molar-refractivity contribution in [3.8, 4) is 5.75 Å². The molecule has 0 aliphatic heterocycles. The maximum Gasteiger partial charge on any atom is 0.273 e. The average Bonchev–Trinajstić information content (AvgIpc) is 3.19. The van der Waals surface area contributed by atoms with Gasteiger partial charge in [-0.25, -0.2) is 0 Å². The number of nitrogens with one attached hydrogen (secondary N) is 2. The number of benzene rings is 2. The largest absolute Gasteiger partial charge is 0.494 e. The van der Waals surface area contributed by atoms with E-state index in [4.69, 9.17) is 4.74 Å². The number of methoxy groups -OCH3 is 1. The van der Waals surface area contributed by atoms with E-state index in [1.165, 1.54) is 48.4 Å². The van der Waals surface area contributed by atoms with Gasteiger partial charge in [-0.1, -0.05) is 53.4 Å². The molecular weight excluding hydrogens is 414 g/mol. The number of ether oxygens (including phenoxy) is 1. The highest BCUT2D eigenvalue weighted by Crippen LogP contribution is 2.30. The lowest BCUT2D eigenvalue weighted by Gasteiger charge is -2.09. The van der Waals surface area contributed by atoms with Gasteiger partial charge in [-0.15, -0.1) is 10.2 Å². The molecule has 9 nitrogen and oxygen atoms in total. The second-order valence-electron chi connectivity index (χ2n) is 5.69. The third-order valence-electron chi connectivity index (χ3n) is 3.69. The summed E-state index contributed by atoms with van der Waals surface area (Å²) in [6.07, 6.45) is 0. The van der Waals surface area contributed by atoms with Crippen molar-refractivity contribution in [2.24, 2.45) is 0 Å². The van der Waals surface area contributed by atoms with Gasteiger partial charge in [-0.05, 0) is 11.6 Å². The van der Waals surface area contributed by atoms with E-state index in [-0.39, 0.29) is 23.1 Å². The number of non-ortho nitro benzene ring substituents is 1. The summed E-state index contributed by atoms with van der Waals surface area (Å²) in [6, 6.07) is 13.9. The number of amides is 1. The maximum absolute atomic E-state index is 12.2. The first-order valence-electron chi connectivity index (χ1n) is 8.41. The SMILES string of the molecule is COc1cc([N+](=O)[O-])ccc1NC(=O)CSc1nnc(NCc2ccccc2)s1. The number of nitro benzene ring substituents is 1. The molecule has 0 atom stereocenters. The van der Waals surface area contributed by atoms with Crippen molar-refractivity contribution in [1.29, 1.82) is 0 Å². The Balaban J connectivity index is 1.51. The lowest BCUT2D eigenvalue weighted by Crippen LogP contribution is -2.14. The van der Waals surface area contributed by atoms with Crippen LogP contribution in [0.25, 0.3) is 0 Å². The molecule has 0 spiro atoms. The van der Waals surface area contributed by atoms with Crippen LogP contribution in [-0.2, 0) is 11.3 Å². The number of anilines is 2. The quantitative estimate of drug-likeness (QED) is 0.298. The molecule has 1 amide bonds. The van der Waals surface area contributed by atoms with Gasteiger partial charge in [-0.3, -0.25) is 14.9 Å². The predicted octanol–water partition coefficient (Wildman–Crippen LogP) is 3.80. The minimum absolute atomic E-state index is 0.112. The summed E-state index contributed by atoms with van der Waals surface area (Å²) in [6.45, 7) is 0.639. The van der Waals surface area contributed by atoms with Gasteiger partial charge in [-0.2, -0.15) is 0 Å². The van der Waals surface area contributed by atoms with E-state index in [0.717, 1.165) is 5.56 Å². The molecule has 0 saturated heterocycles. The molecule has 0 unspecified atom stereocenters. The van der Waals surface area contributed by atoms with E-state index < -0.39 is 4.92 Å². The zero-order chi connectivity index (χ0) is 20.6. The van der Waals surface area contributed by atoms with Gasteiger partial charge >= 0.3 is 0 Å². The van der Waals surface area contributed by atoms with Crippen LogP contribution in [0.5, 0.6) is 5.75 Å². The molecule has 3 aromatic rings. The number of thioether (sulfide) groups is 1. The zero-order valence-electron chi connectivity index (χ0n) is 15.3. The van der Waals surface area contributed by atoms with Gasteiger partial charge in [0.1, 0.15) is 5.75 Å². The summed E-state index contributed by atoms with van der Waals surface area (Å²) in [7, 11) is 1.38. The molecule has 11 heteroatoms. The van der Waals surface area contributed by atoms with Gasteiger partial charge in [0, 0.05) is 12.6 Å². The summed E-state index contributed by atoms with van der Waals surface area (Å²) < 4.78 is 5.77. The number of hydrogen-bond donors (Lipinski definition) is 2. The zero-order valence-corrected chi connectivity index (χ0v) is 17.0. The molecule has 150 valence electrons. The van der Waals surface area contributed by atoms with E-state index >= 15 is 0 Å². The molecule has 0 radical (unpaired) electrons. The number of carbonyl (C=O) groups is 1. The molecule has 2 N–H and O–H groups in total. The van der Waals surface area contributed by atoms with Crippen LogP contribution in [0.4, 0.5) is 16.5 Å². The summed E-state index contributed by atoms with van der Waals surface area (Å²) in [5, 5.41) is 25.5. The average molecular weight is 431 g/mol. The Bertz CT molecular complexity index is 997. The molecule has 3 rings (SSSR count).